The third-order valence-corrected chi connectivity index (χ3v) is 2.27. The van der Waals surface area contributed by atoms with Gasteiger partial charge >= 0.3 is 0 Å². The highest BCUT2D eigenvalue weighted by atomic mass is 16.5. The van der Waals surface area contributed by atoms with E-state index in [1.807, 2.05) is 6.92 Å². The molecule has 0 aliphatic rings. The van der Waals surface area contributed by atoms with Crippen LogP contribution in [0.2, 0.25) is 0 Å². The topological polar surface area (TPSA) is 84.3 Å². The predicted molar refractivity (Wildman–Crippen MR) is 69.3 cm³/mol. The number of rotatable bonds is 4. The number of aromatic nitrogens is 2. The number of nitrogens with one attached hydrogen (secondary N) is 1. The van der Waals surface area contributed by atoms with E-state index < -0.39 is 0 Å². The lowest BCUT2D eigenvalue weighted by atomic mass is 10.2. The monoisotopic (exact) mass is 259 g/mol. The number of carbonyl (C=O) groups excluding carboxylic acids is 1. The smallest absolute Gasteiger partial charge is 0.257 e. The first-order chi connectivity index (χ1) is 9.19. The molecule has 0 radical (unpaired) electrons. The van der Waals surface area contributed by atoms with Gasteiger partial charge < -0.3 is 15.2 Å². The molecule has 0 bridgehead atoms. The zero-order valence-corrected chi connectivity index (χ0v) is 10.3. The molecule has 98 valence electrons. The van der Waals surface area contributed by atoms with Crippen molar-refractivity contribution < 1.29 is 14.6 Å². The van der Waals surface area contributed by atoms with Crippen LogP contribution in [-0.2, 0) is 0 Å². The molecule has 0 aliphatic heterocycles. The molecule has 2 rings (SSSR count). The van der Waals surface area contributed by atoms with Crippen LogP contribution in [0.15, 0.2) is 36.8 Å². The molecule has 0 fully saturated rings. The molecular formula is C13H13N3O3. The second kappa shape index (κ2) is 5.81. The molecule has 1 amide bonds. The van der Waals surface area contributed by atoms with E-state index in [9.17, 15) is 9.90 Å². The van der Waals surface area contributed by atoms with Gasteiger partial charge in [-0.25, -0.2) is 4.98 Å². The Morgan fingerprint density at radius 1 is 1.37 bits per heavy atom. The number of ether oxygens (including phenoxy) is 1. The lowest BCUT2D eigenvalue weighted by Gasteiger charge is -2.06. The van der Waals surface area contributed by atoms with Crippen LogP contribution in [0.5, 0.6) is 11.6 Å². The number of anilines is 1. The molecule has 0 aliphatic carbocycles. The van der Waals surface area contributed by atoms with Crippen LogP contribution in [0.4, 0.5) is 5.69 Å². The van der Waals surface area contributed by atoms with E-state index in [0.717, 1.165) is 0 Å². The minimum absolute atomic E-state index is 0.0579. The summed E-state index contributed by atoms with van der Waals surface area (Å²) >= 11 is 0. The minimum atomic E-state index is -0.366. The number of aromatic hydroxyl groups is 1. The van der Waals surface area contributed by atoms with Crippen molar-refractivity contribution >= 4 is 11.6 Å². The molecule has 0 saturated heterocycles. The summed E-state index contributed by atoms with van der Waals surface area (Å²) in [5.74, 6) is 0.0753. The third kappa shape index (κ3) is 3.41. The van der Waals surface area contributed by atoms with Gasteiger partial charge in [0, 0.05) is 12.3 Å². The second-order valence-corrected chi connectivity index (χ2v) is 3.70. The van der Waals surface area contributed by atoms with Gasteiger partial charge in [-0.05, 0) is 19.1 Å². The average molecular weight is 259 g/mol. The zero-order valence-electron chi connectivity index (χ0n) is 10.3. The highest BCUT2D eigenvalue weighted by Crippen LogP contribution is 2.14. The van der Waals surface area contributed by atoms with Crippen molar-refractivity contribution in [1.82, 2.24) is 9.97 Å². The van der Waals surface area contributed by atoms with E-state index in [0.29, 0.717) is 18.2 Å². The second-order valence-electron chi connectivity index (χ2n) is 3.70. The molecule has 0 aromatic carbocycles. The third-order valence-electron chi connectivity index (χ3n) is 2.27. The Morgan fingerprint density at radius 3 is 2.84 bits per heavy atom. The summed E-state index contributed by atoms with van der Waals surface area (Å²) in [5.41, 5.74) is 0.811. The molecule has 6 heteroatoms. The summed E-state index contributed by atoms with van der Waals surface area (Å²) in [4.78, 5) is 19.6. The Bertz CT molecular complexity index is 570. The van der Waals surface area contributed by atoms with Crippen molar-refractivity contribution in [1.29, 1.82) is 0 Å². The van der Waals surface area contributed by atoms with Gasteiger partial charge in [-0.3, -0.25) is 9.78 Å². The van der Waals surface area contributed by atoms with Gasteiger partial charge in [-0.2, -0.15) is 0 Å². The standard InChI is InChI=1S/C13H13N3O3/c1-2-19-12-4-3-10(7-15-12)16-13(18)9-5-11(17)8-14-6-9/h3-8,17H,2H2,1H3,(H,16,18). The van der Waals surface area contributed by atoms with Crippen LogP contribution in [0.1, 0.15) is 17.3 Å². The molecule has 0 unspecified atom stereocenters. The van der Waals surface area contributed by atoms with E-state index >= 15 is 0 Å². The van der Waals surface area contributed by atoms with Gasteiger partial charge in [-0.15, -0.1) is 0 Å². The molecule has 2 aromatic rings. The van der Waals surface area contributed by atoms with E-state index in [-0.39, 0.29) is 17.2 Å². The molecule has 2 heterocycles. The van der Waals surface area contributed by atoms with Gasteiger partial charge in [0.1, 0.15) is 5.75 Å². The van der Waals surface area contributed by atoms with Gasteiger partial charge in [0.25, 0.3) is 5.91 Å². The highest BCUT2D eigenvalue weighted by molar-refractivity contribution is 6.04. The van der Waals surface area contributed by atoms with Crippen LogP contribution in [-0.4, -0.2) is 27.6 Å². The molecule has 6 nitrogen and oxygen atoms in total. The summed E-state index contributed by atoms with van der Waals surface area (Å²) in [5, 5.41) is 11.9. The van der Waals surface area contributed by atoms with Crippen molar-refractivity contribution in [3.63, 3.8) is 0 Å². The van der Waals surface area contributed by atoms with Gasteiger partial charge in [0.15, 0.2) is 0 Å². The number of amides is 1. The van der Waals surface area contributed by atoms with Crippen molar-refractivity contribution in [2.24, 2.45) is 0 Å². The highest BCUT2D eigenvalue weighted by Gasteiger charge is 2.07. The van der Waals surface area contributed by atoms with Crippen molar-refractivity contribution in [2.75, 3.05) is 11.9 Å². The fraction of sp³-hybridized carbons (Fsp3) is 0.154. The van der Waals surface area contributed by atoms with E-state index in [4.69, 9.17) is 4.74 Å². The van der Waals surface area contributed by atoms with Crippen LogP contribution in [0.25, 0.3) is 0 Å². The molecule has 2 N–H and O–H groups in total. The Balaban J connectivity index is 2.06. The molecule has 0 atom stereocenters. The van der Waals surface area contributed by atoms with E-state index in [2.05, 4.69) is 15.3 Å². The quantitative estimate of drug-likeness (QED) is 0.875. The Kier molecular flexibility index (Phi) is 3.92. The van der Waals surface area contributed by atoms with Gasteiger partial charge in [0.2, 0.25) is 5.88 Å². The Morgan fingerprint density at radius 2 is 2.21 bits per heavy atom. The number of pyridine rings is 2. The number of hydrogen-bond acceptors (Lipinski definition) is 5. The van der Waals surface area contributed by atoms with Crippen molar-refractivity contribution in [2.45, 2.75) is 6.92 Å². The molecule has 2 aromatic heterocycles. The Hall–Kier alpha value is -2.63. The first kappa shape index (κ1) is 12.8. The summed E-state index contributed by atoms with van der Waals surface area (Å²) in [6, 6.07) is 4.69. The zero-order chi connectivity index (χ0) is 13.7. The summed E-state index contributed by atoms with van der Waals surface area (Å²) in [6.45, 7) is 2.40. The SMILES string of the molecule is CCOc1ccc(NC(=O)c2cncc(O)c2)cn1. The van der Waals surface area contributed by atoms with Crippen LogP contribution < -0.4 is 10.1 Å². The fourth-order valence-corrected chi connectivity index (χ4v) is 1.44. The lowest BCUT2D eigenvalue weighted by Crippen LogP contribution is -2.12. The largest absolute Gasteiger partial charge is 0.506 e. The van der Waals surface area contributed by atoms with Crippen LogP contribution in [0, 0.1) is 0 Å². The maximum Gasteiger partial charge on any atom is 0.257 e. The first-order valence-corrected chi connectivity index (χ1v) is 5.73. The number of carbonyl (C=O) groups is 1. The molecular weight excluding hydrogens is 246 g/mol. The Labute approximate surface area is 110 Å². The average Bonchev–Trinajstić information content (AvgIpc) is 2.41. The number of hydrogen-bond donors (Lipinski definition) is 2. The lowest BCUT2D eigenvalue weighted by molar-refractivity contribution is 0.102. The summed E-state index contributed by atoms with van der Waals surface area (Å²) in [7, 11) is 0. The van der Waals surface area contributed by atoms with E-state index in [1.54, 1.807) is 12.1 Å². The maximum atomic E-state index is 11.9. The van der Waals surface area contributed by atoms with Crippen molar-refractivity contribution in [3.8, 4) is 11.6 Å². The summed E-state index contributed by atoms with van der Waals surface area (Å²) < 4.78 is 5.20. The minimum Gasteiger partial charge on any atom is -0.506 e. The number of nitrogens with zero attached hydrogens (tertiary/aromatic N) is 2. The van der Waals surface area contributed by atoms with Gasteiger partial charge in [0.05, 0.1) is 30.3 Å². The van der Waals surface area contributed by atoms with E-state index in [1.165, 1.54) is 24.7 Å². The van der Waals surface area contributed by atoms with Crippen LogP contribution >= 0.6 is 0 Å². The molecule has 19 heavy (non-hydrogen) atoms. The van der Waals surface area contributed by atoms with Crippen molar-refractivity contribution in [3.05, 3.63) is 42.4 Å². The van der Waals surface area contributed by atoms with Gasteiger partial charge in [-0.1, -0.05) is 0 Å². The predicted octanol–water partition coefficient (Wildman–Crippen LogP) is 1.83. The first-order valence-electron chi connectivity index (χ1n) is 5.73. The molecule has 0 spiro atoms. The maximum absolute atomic E-state index is 11.9. The normalized spacial score (nSPS) is 9.95. The summed E-state index contributed by atoms with van der Waals surface area (Å²) in [6.07, 6.45) is 4.13. The molecule has 0 saturated carbocycles. The fourth-order valence-electron chi connectivity index (χ4n) is 1.44. The van der Waals surface area contributed by atoms with Crippen LogP contribution in [0.3, 0.4) is 0 Å².